The van der Waals surface area contributed by atoms with Gasteiger partial charge in [0.05, 0.1) is 13.2 Å². The summed E-state index contributed by atoms with van der Waals surface area (Å²) in [5.41, 5.74) is 8.21. The first kappa shape index (κ1) is 14.7. The molecule has 5 heteroatoms. The SMILES string of the molecule is CCCN(CCc1ccc2c(c1)CCO2)CC(N)=NO. The van der Waals surface area contributed by atoms with Gasteiger partial charge in [0.2, 0.25) is 0 Å². The molecule has 2 rings (SSSR count). The van der Waals surface area contributed by atoms with E-state index < -0.39 is 0 Å². The average Bonchev–Trinajstić information content (AvgIpc) is 2.92. The van der Waals surface area contributed by atoms with Crippen molar-refractivity contribution in [3.63, 3.8) is 0 Å². The number of nitrogens with two attached hydrogens (primary N) is 1. The summed E-state index contributed by atoms with van der Waals surface area (Å²) in [5, 5.41) is 11.7. The largest absolute Gasteiger partial charge is 0.493 e. The third kappa shape index (κ3) is 3.87. The molecule has 1 aliphatic rings. The molecule has 5 nitrogen and oxygen atoms in total. The van der Waals surface area contributed by atoms with E-state index >= 15 is 0 Å². The second kappa shape index (κ2) is 7.14. The molecule has 0 radical (unpaired) electrons. The topological polar surface area (TPSA) is 71.1 Å². The number of benzene rings is 1. The number of hydrogen-bond donors (Lipinski definition) is 2. The van der Waals surface area contributed by atoms with Crippen LogP contribution in [0.25, 0.3) is 0 Å². The number of rotatable bonds is 7. The summed E-state index contributed by atoms with van der Waals surface area (Å²) in [5.74, 6) is 1.29. The van der Waals surface area contributed by atoms with E-state index in [2.05, 4.69) is 35.2 Å². The fourth-order valence-electron chi connectivity index (χ4n) is 2.53. The smallest absolute Gasteiger partial charge is 0.153 e. The van der Waals surface area contributed by atoms with Crippen molar-refractivity contribution in [3.8, 4) is 5.75 Å². The van der Waals surface area contributed by atoms with Gasteiger partial charge in [-0.25, -0.2) is 0 Å². The number of nitrogens with zero attached hydrogens (tertiary/aromatic N) is 2. The van der Waals surface area contributed by atoms with Gasteiger partial charge < -0.3 is 15.7 Å². The molecule has 1 aliphatic heterocycles. The van der Waals surface area contributed by atoms with Crippen LogP contribution < -0.4 is 10.5 Å². The lowest BCUT2D eigenvalue weighted by Gasteiger charge is -2.20. The van der Waals surface area contributed by atoms with Gasteiger partial charge in [-0.05, 0) is 36.6 Å². The fraction of sp³-hybridized carbons (Fsp3) is 0.533. The Labute approximate surface area is 120 Å². The standard InChI is InChI=1S/C15H23N3O2/c1-2-7-18(11-15(16)17-19)8-5-12-3-4-14-13(10-12)6-9-20-14/h3-4,10,19H,2,5-9,11H2,1H3,(H2,16,17). The second-order valence-electron chi connectivity index (χ2n) is 5.16. The monoisotopic (exact) mass is 277 g/mol. The van der Waals surface area contributed by atoms with Crippen LogP contribution in [0, 0.1) is 0 Å². The molecule has 110 valence electrons. The molecule has 1 aromatic carbocycles. The highest BCUT2D eigenvalue weighted by Gasteiger charge is 2.13. The zero-order valence-corrected chi connectivity index (χ0v) is 12.0. The van der Waals surface area contributed by atoms with Crippen molar-refractivity contribution >= 4 is 5.84 Å². The van der Waals surface area contributed by atoms with Gasteiger partial charge in [-0.3, -0.25) is 4.90 Å². The van der Waals surface area contributed by atoms with E-state index in [1.54, 1.807) is 0 Å². The van der Waals surface area contributed by atoms with Crippen LogP contribution in [0.1, 0.15) is 24.5 Å². The second-order valence-corrected chi connectivity index (χ2v) is 5.16. The van der Waals surface area contributed by atoms with Gasteiger partial charge >= 0.3 is 0 Å². The van der Waals surface area contributed by atoms with Crippen molar-refractivity contribution in [1.29, 1.82) is 0 Å². The molecule has 0 saturated carbocycles. The summed E-state index contributed by atoms with van der Waals surface area (Å²) in [6.45, 7) is 5.29. The Bertz CT molecular complexity index is 474. The van der Waals surface area contributed by atoms with Crippen molar-refractivity contribution in [2.45, 2.75) is 26.2 Å². The zero-order chi connectivity index (χ0) is 14.4. The molecular weight excluding hydrogens is 254 g/mol. The molecule has 0 spiro atoms. The van der Waals surface area contributed by atoms with E-state index in [9.17, 15) is 0 Å². The average molecular weight is 277 g/mol. The summed E-state index contributed by atoms with van der Waals surface area (Å²) in [6.07, 6.45) is 3.02. The van der Waals surface area contributed by atoms with Gasteiger partial charge in [-0.1, -0.05) is 24.2 Å². The van der Waals surface area contributed by atoms with Crippen molar-refractivity contribution < 1.29 is 9.94 Å². The van der Waals surface area contributed by atoms with Gasteiger partial charge in [0.25, 0.3) is 0 Å². The van der Waals surface area contributed by atoms with Crippen molar-refractivity contribution in [2.24, 2.45) is 10.9 Å². The van der Waals surface area contributed by atoms with Gasteiger partial charge in [0, 0.05) is 13.0 Å². The van der Waals surface area contributed by atoms with Crippen LogP contribution in [0.3, 0.4) is 0 Å². The van der Waals surface area contributed by atoms with Crippen molar-refractivity contribution in [2.75, 3.05) is 26.2 Å². The molecule has 0 aromatic heterocycles. The third-order valence-electron chi connectivity index (χ3n) is 3.52. The molecule has 0 aliphatic carbocycles. The van der Waals surface area contributed by atoms with Crippen LogP contribution in [-0.4, -0.2) is 42.2 Å². The third-order valence-corrected chi connectivity index (χ3v) is 3.52. The quantitative estimate of drug-likeness (QED) is 0.344. The summed E-state index contributed by atoms with van der Waals surface area (Å²) in [4.78, 5) is 2.21. The van der Waals surface area contributed by atoms with Crippen LogP contribution in [0.4, 0.5) is 0 Å². The zero-order valence-electron chi connectivity index (χ0n) is 12.0. The number of oxime groups is 1. The van der Waals surface area contributed by atoms with Gasteiger partial charge in [-0.15, -0.1) is 0 Å². The first-order valence-electron chi connectivity index (χ1n) is 7.16. The Morgan fingerprint density at radius 1 is 1.45 bits per heavy atom. The Kier molecular flexibility index (Phi) is 5.24. The molecule has 1 aromatic rings. The Hall–Kier alpha value is -1.75. The molecule has 0 saturated heterocycles. The summed E-state index contributed by atoms with van der Waals surface area (Å²) >= 11 is 0. The van der Waals surface area contributed by atoms with E-state index in [-0.39, 0.29) is 5.84 Å². The van der Waals surface area contributed by atoms with Gasteiger partial charge in [-0.2, -0.15) is 0 Å². The van der Waals surface area contributed by atoms with E-state index in [1.807, 2.05) is 0 Å². The number of hydrogen-bond acceptors (Lipinski definition) is 4. The predicted molar refractivity (Wildman–Crippen MR) is 79.5 cm³/mol. The van der Waals surface area contributed by atoms with Gasteiger partial charge in [0.1, 0.15) is 5.75 Å². The molecule has 0 atom stereocenters. The lowest BCUT2D eigenvalue weighted by Crippen LogP contribution is -2.36. The summed E-state index contributed by atoms with van der Waals surface area (Å²) in [6, 6.07) is 6.42. The van der Waals surface area contributed by atoms with Crippen LogP contribution in [0.2, 0.25) is 0 Å². The predicted octanol–water partition coefficient (Wildman–Crippen LogP) is 1.62. The maximum Gasteiger partial charge on any atom is 0.153 e. The molecule has 0 bridgehead atoms. The summed E-state index contributed by atoms with van der Waals surface area (Å²) in [7, 11) is 0. The minimum absolute atomic E-state index is 0.265. The van der Waals surface area contributed by atoms with Crippen molar-refractivity contribution in [3.05, 3.63) is 29.3 Å². The van der Waals surface area contributed by atoms with E-state index in [1.165, 1.54) is 11.1 Å². The Morgan fingerprint density at radius 2 is 2.30 bits per heavy atom. The maximum atomic E-state index is 8.67. The molecule has 0 unspecified atom stereocenters. The highest BCUT2D eigenvalue weighted by atomic mass is 16.5. The number of fused-ring (bicyclic) bond motifs is 1. The highest BCUT2D eigenvalue weighted by molar-refractivity contribution is 5.81. The first-order chi connectivity index (χ1) is 9.72. The maximum absolute atomic E-state index is 8.67. The van der Waals surface area contributed by atoms with Crippen LogP contribution in [0.15, 0.2) is 23.4 Å². The highest BCUT2D eigenvalue weighted by Crippen LogP contribution is 2.26. The van der Waals surface area contributed by atoms with E-state index in [4.69, 9.17) is 15.7 Å². The van der Waals surface area contributed by atoms with Gasteiger partial charge in [0.15, 0.2) is 5.84 Å². The first-order valence-corrected chi connectivity index (χ1v) is 7.16. The van der Waals surface area contributed by atoms with Crippen molar-refractivity contribution in [1.82, 2.24) is 4.90 Å². The molecule has 0 amide bonds. The lowest BCUT2D eigenvalue weighted by atomic mass is 10.1. The molecule has 1 heterocycles. The molecular formula is C15H23N3O2. The molecule has 0 fully saturated rings. The van der Waals surface area contributed by atoms with Crippen LogP contribution in [-0.2, 0) is 12.8 Å². The minimum atomic E-state index is 0.265. The fourth-order valence-corrected chi connectivity index (χ4v) is 2.53. The molecule has 3 N–H and O–H groups in total. The Morgan fingerprint density at radius 3 is 3.05 bits per heavy atom. The minimum Gasteiger partial charge on any atom is -0.493 e. The number of amidine groups is 1. The van der Waals surface area contributed by atoms with Crippen LogP contribution in [0.5, 0.6) is 5.75 Å². The van der Waals surface area contributed by atoms with E-state index in [0.717, 1.165) is 44.7 Å². The lowest BCUT2D eigenvalue weighted by molar-refractivity contribution is 0.293. The Balaban J connectivity index is 1.91. The number of ether oxygens (including phenoxy) is 1. The molecule has 20 heavy (non-hydrogen) atoms. The summed E-state index contributed by atoms with van der Waals surface area (Å²) < 4.78 is 5.51. The van der Waals surface area contributed by atoms with E-state index in [0.29, 0.717) is 6.54 Å². The van der Waals surface area contributed by atoms with Crippen LogP contribution >= 0.6 is 0 Å². The normalized spacial score (nSPS) is 14.4.